The highest BCUT2D eigenvalue weighted by Crippen LogP contribution is 2.33. The number of halogens is 4. The van der Waals surface area contributed by atoms with E-state index in [-0.39, 0.29) is 35.2 Å². The van der Waals surface area contributed by atoms with Crippen molar-refractivity contribution in [1.82, 2.24) is 4.90 Å². The lowest BCUT2D eigenvalue weighted by molar-refractivity contribution is -0.140. The predicted octanol–water partition coefficient (Wildman–Crippen LogP) is 3.84. The fourth-order valence-corrected chi connectivity index (χ4v) is 4.31. The Morgan fingerprint density at radius 3 is 2.28 bits per heavy atom. The highest BCUT2D eigenvalue weighted by Gasteiger charge is 2.35. The number of sulfonamides is 1. The summed E-state index contributed by atoms with van der Waals surface area (Å²) in [5, 5.41) is -0.378. The molecule has 2 aromatic rings. The third-order valence-corrected chi connectivity index (χ3v) is 6.18. The Kier molecular flexibility index (Phi) is 5.59. The summed E-state index contributed by atoms with van der Waals surface area (Å²) in [5.74, 6) is -1.85. The second-order valence-corrected chi connectivity index (χ2v) is 8.59. The van der Waals surface area contributed by atoms with Gasteiger partial charge in [-0.3, -0.25) is 19.2 Å². The number of nitrogens with zero attached hydrogens (tertiary/aromatic N) is 1. The van der Waals surface area contributed by atoms with Crippen LogP contribution in [-0.2, 0) is 27.5 Å². The molecule has 0 aliphatic carbocycles. The molecular formula is C17H12F4N2O4S2. The molecule has 0 radical (unpaired) electrons. The molecule has 0 saturated carbocycles. The van der Waals surface area contributed by atoms with E-state index < -0.39 is 32.5 Å². The molecule has 12 heteroatoms. The molecule has 0 atom stereocenters. The smallest absolute Gasteiger partial charge is 0.280 e. The highest BCUT2D eigenvalue weighted by atomic mass is 32.2. The summed E-state index contributed by atoms with van der Waals surface area (Å²) in [6, 6.07) is 6.97. The monoisotopic (exact) mass is 448 g/mol. The van der Waals surface area contributed by atoms with E-state index in [1.807, 2.05) is 0 Å². The molecule has 2 amide bonds. The first-order valence-electron chi connectivity index (χ1n) is 7.93. The van der Waals surface area contributed by atoms with Crippen LogP contribution in [0.2, 0.25) is 0 Å². The molecule has 1 saturated heterocycles. The van der Waals surface area contributed by atoms with Crippen LogP contribution in [0.25, 0.3) is 0 Å². The van der Waals surface area contributed by atoms with Crippen molar-refractivity contribution in [2.45, 2.75) is 17.6 Å². The van der Waals surface area contributed by atoms with Crippen LogP contribution in [0.4, 0.5) is 28.0 Å². The van der Waals surface area contributed by atoms with Crippen molar-refractivity contribution in [3.05, 3.63) is 59.4 Å². The van der Waals surface area contributed by atoms with E-state index in [1.54, 1.807) is 0 Å². The molecule has 0 bridgehead atoms. The van der Waals surface area contributed by atoms with E-state index >= 15 is 0 Å². The molecule has 3 rings (SSSR count). The van der Waals surface area contributed by atoms with Gasteiger partial charge in [0.2, 0.25) is 5.91 Å². The highest BCUT2D eigenvalue weighted by molar-refractivity contribution is 8.14. The molecule has 1 N–H and O–H groups in total. The number of hydrogen-bond donors (Lipinski definition) is 1. The van der Waals surface area contributed by atoms with Gasteiger partial charge in [0.05, 0.1) is 22.8 Å². The van der Waals surface area contributed by atoms with Crippen LogP contribution in [-0.4, -0.2) is 30.2 Å². The number of benzene rings is 2. The summed E-state index contributed by atoms with van der Waals surface area (Å²) in [4.78, 5) is 23.5. The van der Waals surface area contributed by atoms with E-state index in [0.29, 0.717) is 11.6 Å². The van der Waals surface area contributed by atoms with Gasteiger partial charge in [-0.15, -0.1) is 0 Å². The Morgan fingerprint density at radius 1 is 1.07 bits per heavy atom. The minimum atomic E-state index is -5.04. The van der Waals surface area contributed by atoms with Gasteiger partial charge in [-0.1, -0.05) is 23.9 Å². The molecule has 1 fully saturated rings. The van der Waals surface area contributed by atoms with Crippen molar-refractivity contribution in [3.63, 3.8) is 0 Å². The van der Waals surface area contributed by atoms with Gasteiger partial charge in [0.1, 0.15) is 5.82 Å². The number of carbonyl (C=O) groups excluding carboxylic acids is 2. The maximum absolute atomic E-state index is 13.4. The van der Waals surface area contributed by atoms with Crippen molar-refractivity contribution in [2.75, 3.05) is 10.5 Å². The number of hydrogen-bond acceptors (Lipinski definition) is 5. The SMILES string of the molecule is O=C1CSC(=O)N1Cc1ccc(NS(=O)(=O)c2ccc(F)c(C(F)(F)F)c2)cc1. The minimum absolute atomic E-state index is 0.0185. The van der Waals surface area contributed by atoms with Gasteiger partial charge in [0.25, 0.3) is 15.3 Å². The number of rotatable bonds is 5. The fraction of sp³-hybridized carbons (Fsp3) is 0.176. The average molecular weight is 448 g/mol. The van der Waals surface area contributed by atoms with Crippen molar-refractivity contribution in [1.29, 1.82) is 0 Å². The summed E-state index contributed by atoms with van der Waals surface area (Å²) in [6.45, 7) is 0.0185. The Morgan fingerprint density at radius 2 is 1.72 bits per heavy atom. The van der Waals surface area contributed by atoms with Gasteiger partial charge in [-0.05, 0) is 35.9 Å². The van der Waals surface area contributed by atoms with E-state index in [4.69, 9.17) is 0 Å². The number of imide groups is 1. The third-order valence-electron chi connectivity index (χ3n) is 3.94. The summed E-state index contributed by atoms with van der Waals surface area (Å²) < 4.78 is 78.5. The van der Waals surface area contributed by atoms with Crippen LogP contribution in [0.3, 0.4) is 0 Å². The number of alkyl halides is 3. The number of nitrogens with one attached hydrogen (secondary N) is 1. The quantitative estimate of drug-likeness (QED) is 0.703. The molecule has 0 unspecified atom stereocenters. The van der Waals surface area contributed by atoms with Crippen molar-refractivity contribution in [3.8, 4) is 0 Å². The Labute approximate surface area is 166 Å². The van der Waals surface area contributed by atoms with E-state index in [0.717, 1.165) is 22.7 Å². The fourth-order valence-electron chi connectivity index (χ4n) is 2.50. The molecule has 6 nitrogen and oxygen atoms in total. The average Bonchev–Trinajstić information content (AvgIpc) is 2.94. The lowest BCUT2D eigenvalue weighted by atomic mass is 10.2. The van der Waals surface area contributed by atoms with Gasteiger partial charge >= 0.3 is 6.18 Å². The van der Waals surface area contributed by atoms with Crippen LogP contribution in [0.15, 0.2) is 47.4 Å². The maximum Gasteiger partial charge on any atom is 0.419 e. The molecule has 2 aromatic carbocycles. The Bertz CT molecular complexity index is 1050. The van der Waals surface area contributed by atoms with Crippen LogP contribution < -0.4 is 4.72 Å². The minimum Gasteiger partial charge on any atom is -0.280 e. The van der Waals surface area contributed by atoms with Crippen molar-refractivity contribution < 1.29 is 35.6 Å². The van der Waals surface area contributed by atoms with E-state index in [9.17, 15) is 35.6 Å². The van der Waals surface area contributed by atoms with Gasteiger partial charge in [0.15, 0.2) is 0 Å². The molecule has 29 heavy (non-hydrogen) atoms. The predicted molar refractivity (Wildman–Crippen MR) is 97.1 cm³/mol. The number of carbonyl (C=O) groups is 2. The van der Waals surface area contributed by atoms with Crippen molar-refractivity contribution >= 4 is 38.6 Å². The number of thioether (sulfide) groups is 1. The van der Waals surface area contributed by atoms with E-state index in [2.05, 4.69) is 4.72 Å². The number of amides is 2. The van der Waals surface area contributed by atoms with Gasteiger partial charge < -0.3 is 0 Å². The zero-order chi connectivity index (χ0) is 21.4. The normalized spacial score (nSPS) is 15.1. The topological polar surface area (TPSA) is 83.6 Å². The lowest BCUT2D eigenvalue weighted by Crippen LogP contribution is -2.27. The maximum atomic E-state index is 13.4. The third kappa shape index (κ3) is 4.70. The lowest BCUT2D eigenvalue weighted by Gasteiger charge is -2.14. The van der Waals surface area contributed by atoms with Crippen LogP contribution in [0.5, 0.6) is 0 Å². The first-order valence-corrected chi connectivity index (χ1v) is 10.4. The summed E-state index contributed by atoms with van der Waals surface area (Å²) in [5.41, 5.74) is -1.09. The largest absolute Gasteiger partial charge is 0.419 e. The molecule has 0 spiro atoms. The van der Waals surface area contributed by atoms with Crippen LogP contribution in [0, 0.1) is 5.82 Å². The molecule has 1 heterocycles. The summed E-state index contributed by atoms with van der Waals surface area (Å²) in [7, 11) is -4.40. The molecule has 154 valence electrons. The Balaban J connectivity index is 1.77. The second-order valence-electron chi connectivity index (χ2n) is 5.98. The van der Waals surface area contributed by atoms with Crippen LogP contribution in [0.1, 0.15) is 11.1 Å². The van der Waals surface area contributed by atoms with Gasteiger partial charge in [0, 0.05) is 5.69 Å². The van der Waals surface area contributed by atoms with Crippen LogP contribution >= 0.6 is 11.8 Å². The zero-order valence-corrected chi connectivity index (χ0v) is 16.0. The second kappa shape index (κ2) is 7.67. The standard InChI is InChI=1S/C17H12F4N2O4S2/c18-14-6-5-12(7-13(14)17(19,20)21)29(26,27)22-11-3-1-10(2-4-11)8-23-15(24)9-28-16(23)25/h1-7,22H,8-9H2. The molecule has 1 aliphatic rings. The van der Waals surface area contributed by atoms with Gasteiger partial charge in [-0.25, -0.2) is 12.8 Å². The van der Waals surface area contributed by atoms with Gasteiger partial charge in [-0.2, -0.15) is 13.2 Å². The molecule has 1 aliphatic heterocycles. The summed E-state index contributed by atoms with van der Waals surface area (Å²) >= 11 is 0.884. The Hall–Kier alpha value is -2.60. The summed E-state index contributed by atoms with van der Waals surface area (Å²) in [6.07, 6.45) is -5.04. The zero-order valence-electron chi connectivity index (χ0n) is 14.4. The first kappa shape index (κ1) is 21.1. The first-order chi connectivity index (χ1) is 13.5. The van der Waals surface area contributed by atoms with E-state index in [1.165, 1.54) is 24.3 Å². The number of anilines is 1. The molecular weight excluding hydrogens is 436 g/mol. The molecule has 0 aromatic heterocycles. The van der Waals surface area contributed by atoms with Crippen molar-refractivity contribution in [2.24, 2.45) is 0 Å².